The Hall–Kier alpha value is -3.30. The fraction of sp³-hybridized carbons (Fsp3) is 0.150. The molecule has 0 aliphatic heterocycles. The molecule has 2 aromatic carbocycles. The van der Waals surface area contributed by atoms with E-state index in [2.05, 4.69) is 26.7 Å². The number of benzene rings is 2. The van der Waals surface area contributed by atoms with E-state index in [1.807, 2.05) is 38.1 Å². The normalized spacial score (nSPS) is 10.2. The Morgan fingerprint density at radius 2 is 1.78 bits per heavy atom. The number of nitrogens with one attached hydrogen (secondary N) is 2. The van der Waals surface area contributed by atoms with Crippen molar-refractivity contribution in [2.45, 2.75) is 13.8 Å². The van der Waals surface area contributed by atoms with E-state index in [0.29, 0.717) is 28.1 Å². The first kappa shape index (κ1) is 18.5. The van der Waals surface area contributed by atoms with Gasteiger partial charge in [0.05, 0.1) is 24.4 Å². The number of aryl methyl sites for hydroxylation is 2. The van der Waals surface area contributed by atoms with Crippen LogP contribution in [0.2, 0.25) is 5.02 Å². The number of nitrogens with zero attached hydrogens (tertiary/aromatic N) is 3. The highest BCUT2D eigenvalue weighted by molar-refractivity contribution is 6.31. The molecule has 136 valence electrons. The van der Waals surface area contributed by atoms with Gasteiger partial charge in [0.25, 0.3) is 0 Å². The van der Waals surface area contributed by atoms with Crippen molar-refractivity contribution in [3.63, 3.8) is 0 Å². The molecule has 27 heavy (non-hydrogen) atoms. The quantitative estimate of drug-likeness (QED) is 0.640. The Balaban J connectivity index is 1.87. The SMILES string of the molecule is COc1cc(Cl)c(C)cc1Nc1nc(C)cc(Nc2ccc(C#N)cc2)n1. The third kappa shape index (κ3) is 4.46. The zero-order valence-corrected chi connectivity index (χ0v) is 15.9. The van der Waals surface area contributed by atoms with Crippen LogP contribution < -0.4 is 15.4 Å². The summed E-state index contributed by atoms with van der Waals surface area (Å²) in [5.41, 5.74) is 3.89. The molecule has 0 bridgehead atoms. The van der Waals surface area contributed by atoms with E-state index in [1.54, 1.807) is 25.3 Å². The summed E-state index contributed by atoms with van der Waals surface area (Å²) in [5.74, 6) is 1.68. The van der Waals surface area contributed by atoms with Gasteiger partial charge in [0.15, 0.2) is 0 Å². The number of halogens is 1. The van der Waals surface area contributed by atoms with Crippen LogP contribution in [-0.4, -0.2) is 17.1 Å². The first-order valence-electron chi connectivity index (χ1n) is 8.22. The molecule has 0 aliphatic carbocycles. The first-order chi connectivity index (χ1) is 13.0. The lowest BCUT2D eigenvalue weighted by Gasteiger charge is -2.14. The van der Waals surface area contributed by atoms with Crippen LogP contribution in [0.1, 0.15) is 16.8 Å². The van der Waals surface area contributed by atoms with Gasteiger partial charge >= 0.3 is 0 Å². The van der Waals surface area contributed by atoms with Crippen LogP contribution in [0.3, 0.4) is 0 Å². The zero-order chi connectivity index (χ0) is 19.4. The van der Waals surface area contributed by atoms with E-state index in [9.17, 15) is 0 Å². The van der Waals surface area contributed by atoms with Gasteiger partial charge in [-0.15, -0.1) is 0 Å². The number of aromatic nitrogens is 2. The largest absolute Gasteiger partial charge is 0.495 e. The molecule has 0 spiro atoms. The fourth-order valence-corrected chi connectivity index (χ4v) is 2.67. The van der Waals surface area contributed by atoms with E-state index < -0.39 is 0 Å². The zero-order valence-electron chi connectivity index (χ0n) is 15.2. The molecule has 0 saturated heterocycles. The molecule has 2 N–H and O–H groups in total. The van der Waals surface area contributed by atoms with Crippen molar-refractivity contribution < 1.29 is 4.74 Å². The number of anilines is 4. The molecule has 0 atom stereocenters. The molecule has 7 heteroatoms. The number of ether oxygens (including phenoxy) is 1. The van der Waals surface area contributed by atoms with Crippen molar-refractivity contribution in [1.82, 2.24) is 9.97 Å². The molecule has 1 heterocycles. The van der Waals surface area contributed by atoms with Gasteiger partial charge in [0, 0.05) is 28.5 Å². The Morgan fingerprint density at radius 3 is 2.44 bits per heavy atom. The number of methoxy groups -OCH3 is 1. The van der Waals surface area contributed by atoms with Crippen LogP contribution in [0.15, 0.2) is 42.5 Å². The Morgan fingerprint density at radius 1 is 1.04 bits per heavy atom. The van der Waals surface area contributed by atoms with Crippen LogP contribution in [0, 0.1) is 25.2 Å². The molecule has 0 amide bonds. The van der Waals surface area contributed by atoms with Gasteiger partial charge in [0.1, 0.15) is 11.6 Å². The summed E-state index contributed by atoms with van der Waals surface area (Å²) in [5, 5.41) is 15.9. The summed E-state index contributed by atoms with van der Waals surface area (Å²) in [6, 6.07) is 14.7. The summed E-state index contributed by atoms with van der Waals surface area (Å²) in [6.07, 6.45) is 0. The minimum Gasteiger partial charge on any atom is -0.495 e. The maximum Gasteiger partial charge on any atom is 0.229 e. The van der Waals surface area contributed by atoms with E-state index in [0.717, 1.165) is 22.6 Å². The second-order valence-corrected chi connectivity index (χ2v) is 6.37. The highest BCUT2D eigenvalue weighted by atomic mass is 35.5. The molecule has 3 aromatic rings. The Labute approximate surface area is 162 Å². The monoisotopic (exact) mass is 379 g/mol. The first-order valence-corrected chi connectivity index (χ1v) is 8.60. The van der Waals surface area contributed by atoms with E-state index in [-0.39, 0.29) is 0 Å². The number of hydrogen-bond donors (Lipinski definition) is 2. The Bertz CT molecular complexity index is 1010. The lowest BCUT2D eigenvalue weighted by molar-refractivity contribution is 0.416. The molecule has 0 fully saturated rings. The van der Waals surface area contributed by atoms with Gasteiger partial charge in [-0.25, -0.2) is 4.98 Å². The molecular weight excluding hydrogens is 362 g/mol. The van der Waals surface area contributed by atoms with Crippen molar-refractivity contribution in [2.24, 2.45) is 0 Å². The highest BCUT2D eigenvalue weighted by Crippen LogP contribution is 2.32. The van der Waals surface area contributed by atoms with Gasteiger partial charge in [-0.1, -0.05) is 11.6 Å². The minimum absolute atomic E-state index is 0.436. The predicted molar refractivity (Wildman–Crippen MR) is 107 cm³/mol. The van der Waals surface area contributed by atoms with E-state index in [4.69, 9.17) is 21.6 Å². The van der Waals surface area contributed by atoms with Crippen LogP contribution in [0.4, 0.5) is 23.1 Å². The van der Waals surface area contributed by atoms with Crippen molar-refractivity contribution in [2.75, 3.05) is 17.7 Å². The smallest absolute Gasteiger partial charge is 0.229 e. The minimum atomic E-state index is 0.436. The summed E-state index contributed by atoms with van der Waals surface area (Å²) >= 11 is 6.16. The third-order valence-electron chi connectivity index (χ3n) is 3.87. The van der Waals surface area contributed by atoms with E-state index >= 15 is 0 Å². The summed E-state index contributed by atoms with van der Waals surface area (Å²) in [4.78, 5) is 8.94. The second kappa shape index (κ2) is 7.94. The van der Waals surface area contributed by atoms with E-state index in [1.165, 1.54) is 0 Å². The third-order valence-corrected chi connectivity index (χ3v) is 4.28. The Kier molecular flexibility index (Phi) is 5.43. The topological polar surface area (TPSA) is 82.9 Å². The van der Waals surface area contributed by atoms with Gasteiger partial charge in [-0.3, -0.25) is 0 Å². The number of hydrogen-bond acceptors (Lipinski definition) is 6. The second-order valence-electron chi connectivity index (χ2n) is 5.96. The molecule has 3 rings (SSSR count). The van der Waals surface area contributed by atoms with Crippen LogP contribution in [-0.2, 0) is 0 Å². The van der Waals surface area contributed by atoms with Crippen LogP contribution in [0.5, 0.6) is 5.75 Å². The lowest BCUT2D eigenvalue weighted by atomic mass is 10.2. The molecule has 1 aromatic heterocycles. The number of rotatable bonds is 5. The lowest BCUT2D eigenvalue weighted by Crippen LogP contribution is -2.03. The number of nitriles is 1. The van der Waals surface area contributed by atoms with Gasteiger partial charge < -0.3 is 15.4 Å². The van der Waals surface area contributed by atoms with Crippen molar-refractivity contribution in [3.05, 3.63) is 64.3 Å². The fourth-order valence-electron chi connectivity index (χ4n) is 2.51. The molecule has 0 saturated carbocycles. The summed E-state index contributed by atoms with van der Waals surface area (Å²) < 4.78 is 5.39. The predicted octanol–water partition coefficient (Wildman–Crippen LogP) is 5.11. The van der Waals surface area contributed by atoms with Crippen LogP contribution >= 0.6 is 11.6 Å². The average Bonchev–Trinajstić information content (AvgIpc) is 2.64. The molecule has 0 radical (unpaired) electrons. The average molecular weight is 380 g/mol. The van der Waals surface area contributed by atoms with Gasteiger partial charge in [0.2, 0.25) is 5.95 Å². The van der Waals surface area contributed by atoms with Crippen molar-refractivity contribution >= 4 is 34.7 Å². The molecule has 0 aliphatic rings. The maximum atomic E-state index is 8.89. The standard InChI is InChI=1S/C20H18ClN5O/c1-12-8-17(18(27-3)10-16(12)21)25-20-23-13(2)9-19(26-20)24-15-6-4-14(11-22)5-7-15/h4-10H,1-3H3,(H2,23,24,25,26). The molecule has 6 nitrogen and oxygen atoms in total. The van der Waals surface area contributed by atoms with Gasteiger partial charge in [-0.2, -0.15) is 10.2 Å². The molecule has 0 unspecified atom stereocenters. The van der Waals surface area contributed by atoms with Crippen molar-refractivity contribution in [1.29, 1.82) is 5.26 Å². The molecular formula is C20H18ClN5O. The summed E-state index contributed by atoms with van der Waals surface area (Å²) in [7, 11) is 1.58. The summed E-state index contributed by atoms with van der Waals surface area (Å²) in [6.45, 7) is 3.81. The van der Waals surface area contributed by atoms with Gasteiger partial charge in [-0.05, 0) is 49.7 Å². The highest BCUT2D eigenvalue weighted by Gasteiger charge is 2.10. The van der Waals surface area contributed by atoms with Crippen LogP contribution in [0.25, 0.3) is 0 Å². The maximum absolute atomic E-state index is 8.89. The van der Waals surface area contributed by atoms with Crippen molar-refractivity contribution in [3.8, 4) is 11.8 Å².